The lowest BCUT2D eigenvalue weighted by atomic mass is 10.1. The molecule has 1 unspecified atom stereocenters. The maximum absolute atomic E-state index is 10.1. The van der Waals surface area contributed by atoms with Gasteiger partial charge in [-0.3, -0.25) is 0 Å². The van der Waals surface area contributed by atoms with E-state index in [4.69, 9.17) is 10.00 Å². The average molecular weight is 202 g/mol. The summed E-state index contributed by atoms with van der Waals surface area (Å²) in [6.45, 7) is 0.522. The van der Waals surface area contributed by atoms with E-state index in [2.05, 4.69) is 4.99 Å². The molecule has 76 valence electrons. The summed E-state index contributed by atoms with van der Waals surface area (Å²) in [7, 11) is 1.61. The summed E-state index contributed by atoms with van der Waals surface area (Å²) in [4.78, 5) is 13.4. The second-order valence-corrected chi connectivity index (χ2v) is 2.93. The lowest BCUT2D eigenvalue weighted by Gasteiger charge is -2.03. The second kappa shape index (κ2) is 5.71. The molecule has 0 radical (unpaired) electrons. The van der Waals surface area contributed by atoms with Gasteiger partial charge < -0.3 is 4.74 Å². The summed E-state index contributed by atoms with van der Waals surface area (Å²) in [5.74, 6) is 0. The van der Waals surface area contributed by atoms with Crippen LogP contribution in [0.4, 0.5) is 0 Å². The SMILES string of the molecule is COCc1ccc(C(C#N)N=C=O)cc1. The number of aliphatic imine (C=N–C) groups is 1. The highest BCUT2D eigenvalue weighted by molar-refractivity contribution is 5.38. The van der Waals surface area contributed by atoms with E-state index in [9.17, 15) is 4.79 Å². The summed E-state index contributed by atoms with van der Waals surface area (Å²) in [5, 5.41) is 8.74. The number of rotatable bonds is 4. The van der Waals surface area contributed by atoms with Crippen LogP contribution in [0.5, 0.6) is 0 Å². The molecule has 0 spiro atoms. The second-order valence-electron chi connectivity index (χ2n) is 2.93. The van der Waals surface area contributed by atoms with Crippen molar-refractivity contribution in [1.82, 2.24) is 0 Å². The van der Waals surface area contributed by atoms with Crippen LogP contribution < -0.4 is 0 Å². The Balaban J connectivity index is 2.87. The molecule has 0 amide bonds. The van der Waals surface area contributed by atoms with Crippen LogP contribution in [0.25, 0.3) is 0 Å². The van der Waals surface area contributed by atoms with Gasteiger partial charge in [-0.05, 0) is 11.1 Å². The van der Waals surface area contributed by atoms with Crippen LogP contribution in [0.1, 0.15) is 17.2 Å². The van der Waals surface area contributed by atoms with E-state index in [1.807, 2.05) is 18.2 Å². The van der Waals surface area contributed by atoms with Gasteiger partial charge in [0.25, 0.3) is 0 Å². The predicted molar refractivity (Wildman–Crippen MR) is 53.6 cm³/mol. The zero-order valence-electron chi connectivity index (χ0n) is 8.30. The summed E-state index contributed by atoms with van der Waals surface area (Å²) < 4.78 is 4.95. The highest BCUT2D eigenvalue weighted by atomic mass is 16.5. The molecule has 1 atom stereocenters. The van der Waals surface area contributed by atoms with E-state index in [1.54, 1.807) is 19.2 Å². The number of hydrogen-bond donors (Lipinski definition) is 0. The summed E-state index contributed by atoms with van der Waals surface area (Å²) in [5.41, 5.74) is 1.69. The molecule has 4 nitrogen and oxygen atoms in total. The van der Waals surface area contributed by atoms with Crippen LogP contribution >= 0.6 is 0 Å². The molecule has 0 N–H and O–H groups in total. The molecule has 4 heteroatoms. The molecule has 0 saturated heterocycles. The first kappa shape index (κ1) is 11.1. The zero-order valence-corrected chi connectivity index (χ0v) is 8.30. The van der Waals surface area contributed by atoms with Gasteiger partial charge in [0.1, 0.15) is 0 Å². The Kier molecular flexibility index (Phi) is 4.24. The van der Waals surface area contributed by atoms with E-state index >= 15 is 0 Å². The molecule has 15 heavy (non-hydrogen) atoms. The Labute approximate surface area is 87.8 Å². The third-order valence-corrected chi connectivity index (χ3v) is 1.91. The minimum Gasteiger partial charge on any atom is -0.380 e. The van der Waals surface area contributed by atoms with Crippen molar-refractivity contribution in [2.45, 2.75) is 12.6 Å². The van der Waals surface area contributed by atoms with Crippen molar-refractivity contribution in [2.75, 3.05) is 7.11 Å². The Morgan fingerprint density at radius 1 is 1.47 bits per heavy atom. The van der Waals surface area contributed by atoms with Gasteiger partial charge in [0.2, 0.25) is 6.08 Å². The van der Waals surface area contributed by atoms with Crippen LogP contribution in [0, 0.1) is 11.3 Å². The number of benzene rings is 1. The highest BCUT2D eigenvalue weighted by Crippen LogP contribution is 2.16. The van der Waals surface area contributed by atoms with E-state index in [0.29, 0.717) is 12.2 Å². The Hall–Kier alpha value is -1.95. The number of isocyanates is 1. The third kappa shape index (κ3) is 3.03. The topological polar surface area (TPSA) is 62.4 Å². The minimum absolute atomic E-state index is 0.522. The minimum atomic E-state index is -0.765. The smallest absolute Gasteiger partial charge is 0.236 e. The van der Waals surface area contributed by atoms with Crippen molar-refractivity contribution in [2.24, 2.45) is 4.99 Å². The normalized spacial score (nSPS) is 11.2. The van der Waals surface area contributed by atoms with Crippen molar-refractivity contribution in [1.29, 1.82) is 5.26 Å². The van der Waals surface area contributed by atoms with Crippen molar-refractivity contribution in [3.63, 3.8) is 0 Å². The third-order valence-electron chi connectivity index (χ3n) is 1.91. The molecule has 0 aliphatic heterocycles. The monoisotopic (exact) mass is 202 g/mol. The maximum atomic E-state index is 10.1. The van der Waals surface area contributed by atoms with E-state index in [1.165, 1.54) is 6.08 Å². The van der Waals surface area contributed by atoms with Gasteiger partial charge in [0, 0.05) is 7.11 Å². The van der Waals surface area contributed by atoms with Gasteiger partial charge in [-0.15, -0.1) is 0 Å². The molecule has 1 rings (SSSR count). The summed E-state index contributed by atoms with van der Waals surface area (Å²) >= 11 is 0. The lowest BCUT2D eigenvalue weighted by molar-refractivity contribution is 0.185. The fourth-order valence-electron chi connectivity index (χ4n) is 1.19. The quantitative estimate of drug-likeness (QED) is 0.551. The standard InChI is InChI=1S/C11H10N2O2/c1-15-7-9-2-4-10(5-3-9)11(6-12)13-8-14/h2-5,11H,7H2,1H3. The predicted octanol–water partition coefficient (Wildman–Crippen LogP) is 1.73. The molecule has 0 aliphatic carbocycles. The van der Waals surface area contributed by atoms with Crippen molar-refractivity contribution in [3.8, 4) is 6.07 Å². The molecule has 0 aliphatic rings. The molecule has 0 fully saturated rings. The fourth-order valence-corrected chi connectivity index (χ4v) is 1.19. The zero-order chi connectivity index (χ0) is 11.1. The van der Waals surface area contributed by atoms with Crippen LogP contribution in [0.3, 0.4) is 0 Å². The van der Waals surface area contributed by atoms with E-state index in [0.717, 1.165) is 5.56 Å². The van der Waals surface area contributed by atoms with Gasteiger partial charge >= 0.3 is 0 Å². The maximum Gasteiger partial charge on any atom is 0.236 e. The highest BCUT2D eigenvalue weighted by Gasteiger charge is 2.07. The van der Waals surface area contributed by atoms with E-state index < -0.39 is 6.04 Å². The van der Waals surface area contributed by atoms with Gasteiger partial charge in [-0.25, -0.2) is 4.79 Å². The number of nitriles is 1. The molecule has 1 aromatic rings. The number of ether oxygens (including phenoxy) is 1. The first-order valence-electron chi connectivity index (χ1n) is 4.36. The number of carbonyl (C=O) groups excluding carboxylic acids is 1. The molecule has 1 aromatic carbocycles. The molecule has 0 bridgehead atoms. The first-order valence-corrected chi connectivity index (χ1v) is 4.36. The summed E-state index contributed by atoms with van der Waals surface area (Å²) in [6.07, 6.45) is 1.38. The van der Waals surface area contributed by atoms with Gasteiger partial charge in [-0.1, -0.05) is 24.3 Å². The Morgan fingerprint density at radius 3 is 2.60 bits per heavy atom. The Morgan fingerprint density at radius 2 is 2.13 bits per heavy atom. The van der Waals surface area contributed by atoms with Gasteiger partial charge in [-0.2, -0.15) is 10.3 Å². The van der Waals surface area contributed by atoms with E-state index in [-0.39, 0.29) is 0 Å². The lowest BCUT2D eigenvalue weighted by Crippen LogP contribution is -1.93. The molecule has 0 saturated carbocycles. The van der Waals surface area contributed by atoms with Crippen LogP contribution in [-0.2, 0) is 16.1 Å². The number of nitrogens with zero attached hydrogens (tertiary/aromatic N) is 2. The van der Waals surface area contributed by atoms with Crippen molar-refractivity contribution in [3.05, 3.63) is 35.4 Å². The van der Waals surface area contributed by atoms with Crippen molar-refractivity contribution >= 4 is 6.08 Å². The molecule has 0 aromatic heterocycles. The molecular weight excluding hydrogens is 192 g/mol. The first-order chi connectivity index (χ1) is 7.31. The number of hydrogen-bond acceptors (Lipinski definition) is 4. The number of methoxy groups -OCH3 is 1. The van der Waals surface area contributed by atoms with Crippen LogP contribution in [0.2, 0.25) is 0 Å². The fraction of sp³-hybridized carbons (Fsp3) is 0.273. The van der Waals surface area contributed by atoms with Crippen LogP contribution in [-0.4, -0.2) is 13.2 Å². The molecule has 0 heterocycles. The van der Waals surface area contributed by atoms with Crippen LogP contribution in [0.15, 0.2) is 29.3 Å². The van der Waals surface area contributed by atoms with Gasteiger partial charge in [0.05, 0.1) is 12.7 Å². The largest absolute Gasteiger partial charge is 0.380 e. The average Bonchev–Trinajstić information content (AvgIpc) is 2.28. The summed E-state index contributed by atoms with van der Waals surface area (Å²) in [6, 6.07) is 8.33. The van der Waals surface area contributed by atoms with Crippen molar-refractivity contribution < 1.29 is 9.53 Å². The van der Waals surface area contributed by atoms with Gasteiger partial charge in [0.15, 0.2) is 6.04 Å². The molecular formula is C11H10N2O2. The Bertz CT molecular complexity index is 400.